The zero-order valence-corrected chi connectivity index (χ0v) is 34.6. The van der Waals surface area contributed by atoms with Gasteiger partial charge in [-0.3, -0.25) is 9.52 Å². The van der Waals surface area contributed by atoms with E-state index >= 15 is 0 Å². The normalized spacial score (nSPS) is 11.5. The van der Waals surface area contributed by atoms with Crippen LogP contribution in [0.2, 0.25) is 0 Å². The number of urea groups is 1. The number of nitrogens with zero attached hydrogens (tertiary/aromatic N) is 2. The second-order valence-corrected chi connectivity index (χ2v) is 16.0. The van der Waals surface area contributed by atoms with E-state index in [2.05, 4.69) is 25.3 Å². The summed E-state index contributed by atoms with van der Waals surface area (Å²) < 4.78 is 60.8. The van der Waals surface area contributed by atoms with Crippen molar-refractivity contribution < 1.29 is 51.5 Å². The summed E-state index contributed by atoms with van der Waals surface area (Å²) in [7, 11) is -0.683. The summed E-state index contributed by atoms with van der Waals surface area (Å²) in [6.45, 7) is 7.26. The first-order valence-corrected chi connectivity index (χ1v) is 20.5. The van der Waals surface area contributed by atoms with Crippen LogP contribution in [0.1, 0.15) is 44.1 Å². The Hall–Kier alpha value is -6.17. The molecule has 0 saturated heterocycles. The van der Waals surface area contributed by atoms with Crippen LogP contribution in [-0.4, -0.2) is 89.0 Å². The quantitative estimate of drug-likeness (QED) is 0.0572. The van der Waals surface area contributed by atoms with E-state index in [0.29, 0.717) is 71.7 Å². The van der Waals surface area contributed by atoms with Crippen molar-refractivity contribution in [3.8, 4) is 28.9 Å². The molecule has 0 saturated carbocycles. The number of benzene rings is 4. The number of aromatic nitrogens is 2. The van der Waals surface area contributed by atoms with Crippen LogP contribution in [0.15, 0.2) is 79.0 Å². The lowest BCUT2D eigenvalue weighted by atomic mass is 9.86. The van der Waals surface area contributed by atoms with Crippen molar-refractivity contribution in [3.05, 3.63) is 95.9 Å². The van der Waals surface area contributed by atoms with Crippen molar-refractivity contribution >= 4 is 49.9 Å². The van der Waals surface area contributed by atoms with Crippen molar-refractivity contribution in [1.82, 2.24) is 9.97 Å². The largest absolute Gasteiger partial charge is 0.497 e. The zero-order valence-electron chi connectivity index (χ0n) is 33.8. The Morgan fingerprint density at radius 3 is 2.15 bits per heavy atom. The van der Waals surface area contributed by atoms with Crippen molar-refractivity contribution in [1.29, 1.82) is 0 Å². The number of carbonyl (C=O) groups excluding carboxylic acids is 1. The number of rotatable bonds is 20. The molecule has 1 aromatic heterocycles. The topological polar surface area (TPSA) is 206 Å². The minimum absolute atomic E-state index is 0.0535. The fourth-order valence-electron chi connectivity index (χ4n) is 5.85. The number of aliphatic carboxylic acids is 1. The van der Waals surface area contributed by atoms with Crippen LogP contribution in [-0.2, 0) is 36.1 Å². The van der Waals surface area contributed by atoms with Gasteiger partial charge in [0.2, 0.25) is 15.9 Å². The highest BCUT2D eigenvalue weighted by Crippen LogP contribution is 2.40. The van der Waals surface area contributed by atoms with Gasteiger partial charge in [-0.15, -0.1) is 0 Å². The lowest BCUT2D eigenvalue weighted by Gasteiger charge is -2.24. The molecule has 0 aliphatic heterocycles. The molecule has 0 atom stereocenters. The van der Waals surface area contributed by atoms with E-state index in [0.717, 1.165) is 17.4 Å². The third-order valence-electron chi connectivity index (χ3n) is 8.60. The van der Waals surface area contributed by atoms with Gasteiger partial charge in [0.25, 0.3) is 0 Å². The first-order chi connectivity index (χ1) is 28.1. The van der Waals surface area contributed by atoms with Crippen molar-refractivity contribution in [2.45, 2.75) is 39.0 Å². The molecular formula is C42H49N5O11S. The maximum atomic E-state index is 13.5. The molecule has 5 aromatic rings. The Labute approximate surface area is 343 Å². The molecular weight excluding hydrogens is 783 g/mol. The second-order valence-electron chi connectivity index (χ2n) is 14.3. The number of carboxylic acid groups (broad SMARTS) is 1. The van der Waals surface area contributed by atoms with Gasteiger partial charge in [0.05, 0.1) is 70.4 Å². The van der Waals surface area contributed by atoms with Crippen LogP contribution in [0.25, 0.3) is 10.8 Å². The smallest absolute Gasteiger partial charge is 0.323 e. The molecule has 0 aliphatic rings. The Morgan fingerprint density at radius 2 is 1.46 bits per heavy atom. The van der Waals surface area contributed by atoms with Crippen LogP contribution in [0.3, 0.4) is 0 Å². The zero-order chi connectivity index (χ0) is 42.6. The molecule has 59 heavy (non-hydrogen) atoms. The van der Waals surface area contributed by atoms with E-state index in [-0.39, 0.29) is 42.2 Å². The summed E-state index contributed by atoms with van der Waals surface area (Å²) in [5.41, 5.74) is 2.22. The van der Waals surface area contributed by atoms with Gasteiger partial charge in [-0.1, -0.05) is 45.0 Å². The summed E-state index contributed by atoms with van der Waals surface area (Å²) in [5, 5.41) is 15.8. The number of hydrogen-bond acceptors (Lipinski definition) is 12. The van der Waals surface area contributed by atoms with E-state index in [1.165, 1.54) is 7.11 Å². The Balaban J connectivity index is 1.26. The number of hydrogen-bond donors (Lipinski definition) is 4. The molecule has 0 spiro atoms. The number of carbonyl (C=O) groups is 2. The third kappa shape index (κ3) is 13.2. The highest BCUT2D eigenvalue weighted by molar-refractivity contribution is 7.92. The molecule has 0 radical (unpaired) electrons. The minimum atomic E-state index is -3.65. The number of methoxy groups -OCH3 is 2. The average molecular weight is 832 g/mol. The van der Waals surface area contributed by atoms with Crippen LogP contribution in [0.5, 0.6) is 28.9 Å². The second kappa shape index (κ2) is 20.0. The van der Waals surface area contributed by atoms with Gasteiger partial charge in [-0.2, -0.15) is 4.98 Å². The highest BCUT2D eigenvalue weighted by Gasteiger charge is 2.23. The number of carboxylic acids is 1. The maximum absolute atomic E-state index is 13.5. The van der Waals surface area contributed by atoms with E-state index in [4.69, 9.17) is 33.5 Å². The van der Waals surface area contributed by atoms with E-state index < -0.39 is 22.0 Å². The Kier molecular flexibility index (Phi) is 14.9. The molecule has 5 rings (SSSR count). The van der Waals surface area contributed by atoms with Crippen LogP contribution in [0, 0.1) is 0 Å². The SMILES string of the molecule is COc1cc(Cc2nccc(Oc3ccc(NC(=O)Nc4cc(C(C)(C)C)cc(NS(C)(=O)=O)c4OC)c4ccccc34)n2)cc(OCCOCCOCCC(=O)O)c1. The van der Waals surface area contributed by atoms with Crippen LogP contribution >= 0.6 is 0 Å². The molecule has 4 aromatic carbocycles. The minimum Gasteiger partial charge on any atom is -0.497 e. The van der Waals surface area contributed by atoms with Gasteiger partial charge in [0.15, 0.2) is 5.75 Å². The van der Waals surface area contributed by atoms with E-state index in [1.54, 1.807) is 49.7 Å². The molecule has 2 amide bonds. The van der Waals surface area contributed by atoms with Gasteiger partial charge >= 0.3 is 12.0 Å². The number of amides is 2. The molecule has 1 heterocycles. The van der Waals surface area contributed by atoms with Gasteiger partial charge < -0.3 is 44.2 Å². The lowest BCUT2D eigenvalue weighted by Crippen LogP contribution is -2.22. The molecule has 0 bridgehead atoms. The molecule has 0 fully saturated rings. The molecule has 0 aliphatic carbocycles. The summed E-state index contributed by atoms with van der Waals surface area (Å²) in [5.74, 6) is 1.73. The fraction of sp³-hybridized carbons (Fsp3) is 0.333. The van der Waals surface area contributed by atoms with Crippen LogP contribution < -0.4 is 34.3 Å². The van der Waals surface area contributed by atoms with Crippen molar-refractivity contribution in [2.24, 2.45) is 0 Å². The molecule has 17 heteroatoms. The van der Waals surface area contributed by atoms with Crippen molar-refractivity contribution in [3.63, 3.8) is 0 Å². The number of sulfonamides is 1. The first kappa shape index (κ1) is 43.9. The first-order valence-electron chi connectivity index (χ1n) is 18.6. The lowest BCUT2D eigenvalue weighted by molar-refractivity contribution is -0.138. The summed E-state index contributed by atoms with van der Waals surface area (Å²) in [6, 6.07) is 20.9. The molecule has 314 valence electrons. The number of anilines is 3. The Bertz CT molecular complexity index is 2370. The van der Waals surface area contributed by atoms with Gasteiger partial charge in [0, 0.05) is 35.5 Å². The summed E-state index contributed by atoms with van der Waals surface area (Å²) >= 11 is 0. The maximum Gasteiger partial charge on any atom is 0.323 e. The standard InChI is InChI=1S/C42H49N5O11S/c1-42(2,3)28-24-34(40(54-5)35(25-28)47-59(6,51)52)45-41(50)44-33-11-12-36(32-10-8-7-9-31(32)33)58-38-13-15-43-37(46-38)23-27-21-29(53-4)26-30(22-27)57-20-19-56-18-17-55-16-14-39(48)49/h7-13,15,21-22,24-26,47H,14,16-20,23H2,1-6H3,(H,48,49)(H2,44,45,50). The van der Waals surface area contributed by atoms with Gasteiger partial charge in [-0.25, -0.2) is 18.2 Å². The average Bonchev–Trinajstić information content (AvgIpc) is 3.17. The predicted octanol–water partition coefficient (Wildman–Crippen LogP) is 7.23. The van der Waals surface area contributed by atoms with Gasteiger partial charge in [0.1, 0.15) is 29.7 Å². The molecule has 4 N–H and O–H groups in total. The van der Waals surface area contributed by atoms with Gasteiger partial charge in [-0.05, 0) is 52.9 Å². The highest BCUT2D eigenvalue weighted by atomic mass is 32.2. The Morgan fingerprint density at radius 1 is 0.780 bits per heavy atom. The monoisotopic (exact) mass is 831 g/mol. The fourth-order valence-corrected chi connectivity index (χ4v) is 6.40. The summed E-state index contributed by atoms with van der Waals surface area (Å²) in [4.78, 5) is 33.2. The predicted molar refractivity (Wildman–Crippen MR) is 224 cm³/mol. The van der Waals surface area contributed by atoms with Crippen LogP contribution in [0.4, 0.5) is 21.9 Å². The number of fused-ring (bicyclic) bond motifs is 1. The van der Waals surface area contributed by atoms with Crippen molar-refractivity contribution in [2.75, 3.05) is 68.9 Å². The summed E-state index contributed by atoms with van der Waals surface area (Å²) in [6.07, 6.45) is 2.95. The number of ether oxygens (including phenoxy) is 6. The van der Waals surface area contributed by atoms with E-state index in [9.17, 15) is 18.0 Å². The molecule has 0 unspecified atom stereocenters. The van der Waals surface area contributed by atoms with E-state index in [1.807, 2.05) is 57.2 Å². The third-order valence-corrected chi connectivity index (χ3v) is 9.19. The molecule has 16 nitrogen and oxygen atoms in total. The number of nitrogens with one attached hydrogen (secondary N) is 3.